The Labute approximate surface area is 159 Å². The highest BCUT2D eigenvalue weighted by atomic mass is 16.6. The van der Waals surface area contributed by atoms with Crippen LogP contribution in [0.4, 0.5) is 0 Å². The molecule has 2 atom stereocenters. The van der Waals surface area contributed by atoms with Gasteiger partial charge >= 0.3 is 11.9 Å². The number of benzene rings is 1. The number of fused-ring (bicyclic) bond motifs is 1. The molecule has 2 unspecified atom stereocenters. The second kappa shape index (κ2) is 8.55. The van der Waals surface area contributed by atoms with Crippen LogP contribution in [0.15, 0.2) is 24.3 Å². The van der Waals surface area contributed by atoms with Gasteiger partial charge < -0.3 is 14.4 Å². The average Bonchev–Trinajstić information content (AvgIpc) is 2.69. The first-order valence-corrected chi connectivity index (χ1v) is 9.81. The zero-order valence-corrected chi connectivity index (χ0v) is 16.0. The summed E-state index contributed by atoms with van der Waals surface area (Å²) in [5, 5.41) is 0. The third-order valence-corrected chi connectivity index (χ3v) is 5.43. The third-order valence-electron chi connectivity index (χ3n) is 5.43. The number of ether oxygens (including phenoxy) is 2. The van der Waals surface area contributed by atoms with Gasteiger partial charge in [-0.2, -0.15) is 0 Å². The van der Waals surface area contributed by atoms with Crippen LogP contribution in [-0.4, -0.2) is 47.5 Å². The third kappa shape index (κ3) is 4.31. The van der Waals surface area contributed by atoms with Crippen molar-refractivity contribution in [1.82, 2.24) is 4.90 Å². The number of nitrogens with zero attached hydrogens (tertiary/aromatic N) is 1. The van der Waals surface area contributed by atoms with Gasteiger partial charge in [0, 0.05) is 19.0 Å². The minimum atomic E-state index is -1.01. The summed E-state index contributed by atoms with van der Waals surface area (Å²) >= 11 is 0. The Morgan fingerprint density at radius 3 is 2.63 bits per heavy atom. The second-order valence-electron chi connectivity index (χ2n) is 7.25. The lowest BCUT2D eigenvalue weighted by molar-refractivity contribution is -0.167. The van der Waals surface area contributed by atoms with Crippen LogP contribution in [0.5, 0.6) is 0 Å². The lowest BCUT2D eigenvalue weighted by Gasteiger charge is -2.35. The first-order valence-electron chi connectivity index (χ1n) is 9.81. The van der Waals surface area contributed by atoms with Gasteiger partial charge in [0.05, 0.1) is 5.56 Å². The zero-order chi connectivity index (χ0) is 19.4. The van der Waals surface area contributed by atoms with Gasteiger partial charge in [-0.1, -0.05) is 37.5 Å². The van der Waals surface area contributed by atoms with Gasteiger partial charge in [0.15, 0.2) is 6.10 Å². The van der Waals surface area contributed by atoms with Crippen molar-refractivity contribution in [1.29, 1.82) is 0 Å². The van der Waals surface area contributed by atoms with E-state index >= 15 is 0 Å². The number of hydrogen-bond donors (Lipinski definition) is 0. The molecule has 1 aromatic rings. The Bertz CT molecular complexity index is 710. The standard InChI is InChI=1S/C21H27NO5/c1-3-22(16-10-5-4-6-11-16)19(23)14(2)26-21(25)18-13-15-9-7-8-12-17(15)20(24)27-18/h7-9,12,14,16,18H,3-6,10-11,13H2,1-2H3. The summed E-state index contributed by atoms with van der Waals surface area (Å²) in [4.78, 5) is 39.2. The fraction of sp³-hybridized carbons (Fsp3) is 0.571. The molecule has 3 rings (SSSR count). The molecule has 146 valence electrons. The number of carbonyl (C=O) groups excluding carboxylic acids is 3. The maximum Gasteiger partial charge on any atom is 0.348 e. The van der Waals surface area contributed by atoms with Crippen LogP contribution in [0.25, 0.3) is 0 Å². The van der Waals surface area contributed by atoms with Crippen molar-refractivity contribution in [2.75, 3.05) is 6.54 Å². The second-order valence-corrected chi connectivity index (χ2v) is 7.25. The summed E-state index contributed by atoms with van der Waals surface area (Å²) in [7, 11) is 0. The van der Waals surface area contributed by atoms with Crippen molar-refractivity contribution in [3.05, 3.63) is 35.4 Å². The molecule has 6 nitrogen and oxygen atoms in total. The molecular weight excluding hydrogens is 346 g/mol. The van der Waals surface area contributed by atoms with Gasteiger partial charge in [-0.3, -0.25) is 4.79 Å². The highest BCUT2D eigenvalue weighted by Crippen LogP contribution is 2.24. The quantitative estimate of drug-likeness (QED) is 0.742. The number of esters is 2. The van der Waals surface area contributed by atoms with E-state index in [1.165, 1.54) is 6.42 Å². The smallest absolute Gasteiger partial charge is 0.348 e. The topological polar surface area (TPSA) is 72.9 Å². The Balaban J connectivity index is 1.61. The van der Waals surface area contributed by atoms with E-state index in [2.05, 4.69) is 0 Å². The van der Waals surface area contributed by atoms with E-state index in [4.69, 9.17) is 9.47 Å². The van der Waals surface area contributed by atoms with E-state index in [9.17, 15) is 14.4 Å². The molecule has 0 saturated heterocycles. The van der Waals surface area contributed by atoms with Gasteiger partial charge in [0.1, 0.15) is 0 Å². The monoisotopic (exact) mass is 373 g/mol. The molecule has 1 amide bonds. The fourth-order valence-corrected chi connectivity index (χ4v) is 3.98. The molecule has 0 radical (unpaired) electrons. The fourth-order valence-electron chi connectivity index (χ4n) is 3.98. The number of rotatable bonds is 5. The van der Waals surface area contributed by atoms with E-state index in [1.807, 2.05) is 17.9 Å². The molecule has 0 aromatic heterocycles. The van der Waals surface area contributed by atoms with Crippen molar-refractivity contribution in [2.24, 2.45) is 0 Å². The molecule has 0 spiro atoms. The molecule has 1 saturated carbocycles. The molecular formula is C21H27NO5. The van der Waals surface area contributed by atoms with Crippen LogP contribution in [0.3, 0.4) is 0 Å². The Morgan fingerprint density at radius 2 is 1.93 bits per heavy atom. The average molecular weight is 373 g/mol. The van der Waals surface area contributed by atoms with Crippen LogP contribution >= 0.6 is 0 Å². The summed E-state index contributed by atoms with van der Waals surface area (Å²) in [6.45, 7) is 4.13. The summed E-state index contributed by atoms with van der Waals surface area (Å²) < 4.78 is 10.6. The zero-order valence-electron chi connectivity index (χ0n) is 16.0. The van der Waals surface area contributed by atoms with Crippen molar-refractivity contribution in [2.45, 2.75) is 70.6 Å². The minimum Gasteiger partial charge on any atom is -0.450 e. The molecule has 1 aliphatic heterocycles. The maximum atomic E-state index is 12.8. The van der Waals surface area contributed by atoms with Crippen molar-refractivity contribution in [3.63, 3.8) is 0 Å². The lowest BCUT2D eigenvalue weighted by Crippen LogP contribution is -2.47. The molecule has 1 aromatic carbocycles. The number of likely N-dealkylation sites (N-methyl/N-ethyl adjacent to an activating group) is 1. The molecule has 0 bridgehead atoms. The van der Waals surface area contributed by atoms with Gasteiger partial charge in [-0.15, -0.1) is 0 Å². The number of hydrogen-bond acceptors (Lipinski definition) is 5. The molecule has 27 heavy (non-hydrogen) atoms. The highest BCUT2D eigenvalue weighted by molar-refractivity contribution is 5.95. The Morgan fingerprint density at radius 1 is 1.22 bits per heavy atom. The van der Waals surface area contributed by atoms with Gasteiger partial charge in [0.25, 0.3) is 5.91 Å². The van der Waals surface area contributed by atoms with Crippen LogP contribution in [-0.2, 0) is 25.5 Å². The first-order chi connectivity index (χ1) is 13.0. The number of amides is 1. The molecule has 6 heteroatoms. The van der Waals surface area contributed by atoms with Crippen LogP contribution in [0.1, 0.15) is 61.9 Å². The van der Waals surface area contributed by atoms with Crippen LogP contribution < -0.4 is 0 Å². The molecule has 1 heterocycles. The Hall–Kier alpha value is -2.37. The van der Waals surface area contributed by atoms with E-state index < -0.39 is 24.1 Å². The number of carbonyl (C=O) groups is 3. The highest BCUT2D eigenvalue weighted by Gasteiger charge is 2.35. The van der Waals surface area contributed by atoms with Crippen LogP contribution in [0.2, 0.25) is 0 Å². The SMILES string of the molecule is CCN(C(=O)C(C)OC(=O)C1Cc2ccccc2C(=O)O1)C1CCCCC1. The minimum absolute atomic E-state index is 0.180. The first kappa shape index (κ1) is 19.4. The lowest BCUT2D eigenvalue weighted by atomic mass is 9.94. The van der Waals surface area contributed by atoms with E-state index in [0.29, 0.717) is 12.1 Å². The molecule has 1 aliphatic carbocycles. The molecule has 0 N–H and O–H groups in total. The van der Waals surface area contributed by atoms with Gasteiger partial charge in [-0.25, -0.2) is 9.59 Å². The summed E-state index contributed by atoms with van der Waals surface area (Å²) in [5.74, 6) is -1.38. The molecule has 1 fully saturated rings. The molecule has 2 aliphatic rings. The van der Waals surface area contributed by atoms with E-state index in [1.54, 1.807) is 25.1 Å². The van der Waals surface area contributed by atoms with E-state index in [-0.39, 0.29) is 18.4 Å². The summed E-state index contributed by atoms with van der Waals surface area (Å²) in [6.07, 6.45) is 3.82. The predicted molar refractivity (Wildman–Crippen MR) is 99.2 cm³/mol. The van der Waals surface area contributed by atoms with Crippen molar-refractivity contribution in [3.8, 4) is 0 Å². The largest absolute Gasteiger partial charge is 0.450 e. The van der Waals surface area contributed by atoms with Crippen molar-refractivity contribution >= 4 is 17.8 Å². The maximum absolute atomic E-state index is 12.8. The summed E-state index contributed by atoms with van der Waals surface area (Å²) in [6, 6.07) is 7.26. The van der Waals surface area contributed by atoms with Gasteiger partial charge in [-0.05, 0) is 38.3 Å². The normalized spacial score (nSPS) is 21.0. The van der Waals surface area contributed by atoms with Gasteiger partial charge in [0.2, 0.25) is 6.10 Å². The van der Waals surface area contributed by atoms with Crippen molar-refractivity contribution < 1.29 is 23.9 Å². The predicted octanol–water partition coefficient (Wildman–Crippen LogP) is 2.88. The number of cyclic esters (lactones) is 1. The Kier molecular flexibility index (Phi) is 6.14. The summed E-state index contributed by atoms with van der Waals surface area (Å²) in [5.41, 5.74) is 1.23. The van der Waals surface area contributed by atoms with E-state index in [0.717, 1.165) is 31.2 Å². The van der Waals surface area contributed by atoms with Crippen LogP contribution in [0, 0.1) is 0 Å².